The molecule has 3 heterocycles. The summed E-state index contributed by atoms with van der Waals surface area (Å²) < 4.78 is 0. The van der Waals surface area contributed by atoms with Crippen LogP contribution in [-0.4, -0.2) is 20.2 Å². The van der Waals surface area contributed by atoms with E-state index < -0.39 is 0 Å². The lowest BCUT2D eigenvalue weighted by molar-refractivity contribution is 1.08. The smallest absolute Gasteiger partial charge is 0.134 e. The van der Waals surface area contributed by atoms with E-state index in [4.69, 9.17) is 0 Å². The van der Waals surface area contributed by atoms with Crippen molar-refractivity contribution in [3.8, 4) is 0 Å². The summed E-state index contributed by atoms with van der Waals surface area (Å²) in [6, 6.07) is 6.00. The molecule has 3 aromatic rings. The van der Waals surface area contributed by atoms with E-state index in [-0.39, 0.29) is 0 Å². The molecule has 18 heavy (non-hydrogen) atoms. The van der Waals surface area contributed by atoms with Gasteiger partial charge in [0.25, 0.3) is 0 Å². The third-order valence-corrected chi connectivity index (χ3v) is 2.79. The fourth-order valence-corrected chi connectivity index (χ4v) is 1.79. The van der Waals surface area contributed by atoms with Crippen LogP contribution in [0.15, 0.2) is 36.8 Å². The first kappa shape index (κ1) is 10.7. The Morgan fingerprint density at radius 3 is 3.00 bits per heavy atom. The number of fused-ring (bicyclic) bond motifs is 1. The number of aromatic nitrogens is 4. The SMILES string of the molecule is Cc1ccc(CNc2ccnc3c[nH]nc23)cn1. The van der Waals surface area contributed by atoms with Gasteiger partial charge in [-0.2, -0.15) is 5.10 Å². The van der Waals surface area contributed by atoms with Crippen molar-refractivity contribution in [2.45, 2.75) is 13.5 Å². The van der Waals surface area contributed by atoms with Crippen molar-refractivity contribution in [2.24, 2.45) is 0 Å². The number of aromatic amines is 1. The van der Waals surface area contributed by atoms with Crippen LogP contribution in [0.2, 0.25) is 0 Å². The van der Waals surface area contributed by atoms with Gasteiger partial charge in [-0.05, 0) is 24.6 Å². The van der Waals surface area contributed by atoms with Crippen LogP contribution >= 0.6 is 0 Å². The zero-order valence-electron chi connectivity index (χ0n) is 10.0. The highest BCUT2D eigenvalue weighted by Crippen LogP contribution is 2.18. The van der Waals surface area contributed by atoms with Gasteiger partial charge in [0, 0.05) is 30.8 Å². The van der Waals surface area contributed by atoms with Crippen LogP contribution in [0, 0.1) is 6.92 Å². The lowest BCUT2D eigenvalue weighted by Gasteiger charge is -2.06. The van der Waals surface area contributed by atoms with Crippen molar-refractivity contribution in [3.05, 3.63) is 48.0 Å². The maximum absolute atomic E-state index is 4.27. The van der Waals surface area contributed by atoms with Crippen LogP contribution in [0.25, 0.3) is 11.0 Å². The predicted octanol–water partition coefficient (Wildman–Crippen LogP) is 2.27. The summed E-state index contributed by atoms with van der Waals surface area (Å²) in [5.41, 5.74) is 4.86. The second-order valence-corrected chi connectivity index (χ2v) is 4.14. The molecule has 0 aliphatic heterocycles. The molecule has 5 heteroatoms. The maximum Gasteiger partial charge on any atom is 0.134 e. The first-order chi connectivity index (χ1) is 8.83. The Labute approximate surface area is 104 Å². The largest absolute Gasteiger partial charge is 0.379 e. The van der Waals surface area contributed by atoms with Crippen molar-refractivity contribution in [1.82, 2.24) is 20.2 Å². The number of hydrogen-bond acceptors (Lipinski definition) is 4. The van der Waals surface area contributed by atoms with Gasteiger partial charge in [0.15, 0.2) is 0 Å². The quantitative estimate of drug-likeness (QED) is 0.735. The molecule has 0 unspecified atom stereocenters. The highest BCUT2D eigenvalue weighted by Gasteiger charge is 2.03. The number of anilines is 1. The standard InChI is InChI=1S/C13H13N5/c1-9-2-3-10(6-15-9)7-16-11-4-5-14-12-8-17-18-13(11)12/h2-6,8H,7H2,1H3,(H,14,16)(H,17,18). The van der Waals surface area contributed by atoms with Crippen molar-refractivity contribution in [3.63, 3.8) is 0 Å². The van der Waals surface area contributed by atoms with E-state index in [9.17, 15) is 0 Å². The first-order valence-electron chi connectivity index (χ1n) is 5.77. The van der Waals surface area contributed by atoms with Gasteiger partial charge < -0.3 is 5.32 Å². The third kappa shape index (κ3) is 2.02. The van der Waals surface area contributed by atoms with E-state index >= 15 is 0 Å². The van der Waals surface area contributed by atoms with Gasteiger partial charge in [-0.15, -0.1) is 0 Å². The number of nitrogens with zero attached hydrogens (tertiary/aromatic N) is 3. The van der Waals surface area contributed by atoms with Gasteiger partial charge >= 0.3 is 0 Å². The molecule has 2 N–H and O–H groups in total. The van der Waals surface area contributed by atoms with Gasteiger partial charge in [0.05, 0.1) is 5.69 Å². The average Bonchev–Trinajstić information content (AvgIpc) is 2.87. The molecular formula is C13H13N5. The topological polar surface area (TPSA) is 66.5 Å². The van der Waals surface area contributed by atoms with E-state index in [1.807, 2.05) is 25.3 Å². The minimum absolute atomic E-state index is 0.721. The second kappa shape index (κ2) is 4.44. The van der Waals surface area contributed by atoms with Crippen LogP contribution in [0.1, 0.15) is 11.3 Å². The second-order valence-electron chi connectivity index (χ2n) is 4.14. The highest BCUT2D eigenvalue weighted by molar-refractivity contribution is 5.86. The van der Waals surface area contributed by atoms with Crippen LogP contribution in [0.5, 0.6) is 0 Å². The van der Waals surface area contributed by atoms with Gasteiger partial charge in [-0.1, -0.05) is 6.07 Å². The van der Waals surface area contributed by atoms with Crippen molar-refractivity contribution < 1.29 is 0 Å². The molecule has 0 fully saturated rings. The van der Waals surface area contributed by atoms with Crippen molar-refractivity contribution in [1.29, 1.82) is 0 Å². The Morgan fingerprint density at radius 2 is 2.17 bits per heavy atom. The molecule has 3 rings (SSSR count). The minimum atomic E-state index is 0.721. The molecule has 0 saturated carbocycles. The van der Waals surface area contributed by atoms with E-state index in [2.05, 4.69) is 31.5 Å². The lowest BCUT2D eigenvalue weighted by Crippen LogP contribution is -2.01. The predicted molar refractivity (Wildman–Crippen MR) is 70.2 cm³/mol. The molecule has 0 spiro atoms. The summed E-state index contributed by atoms with van der Waals surface area (Å²) in [5.74, 6) is 0. The molecule has 0 bridgehead atoms. The molecule has 0 saturated heterocycles. The summed E-state index contributed by atoms with van der Waals surface area (Å²) >= 11 is 0. The molecule has 0 amide bonds. The number of rotatable bonds is 3. The molecular weight excluding hydrogens is 226 g/mol. The Morgan fingerprint density at radius 1 is 1.22 bits per heavy atom. The Hall–Kier alpha value is -2.43. The third-order valence-electron chi connectivity index (χ3n) is 2.79. The first-order valence-corrected chi connectivity index (χ1v) is 5.77. The number of nitrogens with one attached hydrogen (secondary N) is 2. The molecule has 3 aromatic heterocycles. The minimum Gasteiger partial charge on any atom is -0.379 e. The van der Waals surface area contributed by atoms with Crippen LogP contribution in [0.4, 0.5) is 5.69 Å². The molecule has 5 nitrogen and oxygen atoms in total. The number of hydrogen-bond donors (Lipinski definition) is 2. The monoisotopic (exact) mass is 239 g/mol. The Balaban J connectivity index is 1.80. The number of aryl methyl sites for hydroxylation is 1. The molecule has 0 aliphatic carbocycles. The highest BCUT2D eigenvalue weighted by atomic mass is 15.1. The Bertz CT molecular complexity index is 656. The van der Waals surface area contributed by atoms with Crippen LogP contribution in [-0.2, 0) is 6.54 Å². The lowest BCUT2D eigenvalue weighted by atomic mass is 10.2. The molecule has 90 valence electrons. The summed E-state index contributed by atoms with van der Waals surface area (Å²) in [5, 5.41) is 10.3. The summed E-state index contributed by atoms with van der Waals surface area (Å²) in [7, 11) is 0. The summed E-state index contributed by atoms with van der Waals surface area (Å²) in [6.07, 6.45) is 5.44. The van der Waals surface area contributed by atoms with Crippen molar-refractivity contribution >= 4 is 16.7 Å². The van der Waals surface area contributed by atoms with E-state index in [0.29, 0.717) is 0 Å². The molecule has 0 atom stereocenters. The van der Waals surface area contributed by atoms with Gasteiger partial charge in [0.1, 0.15) is 11.0 Å². The maximum atomic E-state index is 4.27. The normalized spacial score (nSPS) is 10.7. The van der Waals surface area contributed by atoms with E-state index in [1.54, 1.807) is 12.4 Å². The molecule has 0 aliphatic rings. The van der Waals surface area contributed by atoms with Gasteiger partial charge in [0.2, 0.25) is 0 Å². The fraction of sp³-hybridized carbons (Fsp3) is 0.154. The average molecular weight is 239 g/mol. The summed E-state index contributed by atoms with van der Waals surface area (Å²) in [4.78, 5) is 8.49. The zero-order chi connectivity index (χ0) is 12.4. The van der Waals surface area contributed by atoms with E-state index in [1.165, 1.54) is 0 Å². The van der Waals surface area contributed by atoms with Gasteiger partial charge in [-0.3, -0.25) is 15.1 Å². The Kier molecular flexibility index (Phi) is 2.64. The molecule has 0 aromatic carbocycles. The van der Waals surface area contributed by atoms with E-state index in [0.717, 1.165) is 34.5 Å². The van der Waals surface area contributed by atoms with Gasteiger partial charge in [-0.25, -0.2) is 0 Å². The van der Waals surface area contributed by atoms with Crippen LogP contribution in [0.3, 0.4) is 0 Å². The van der Waals surface area contributed by atoms with Crippen molar-refractivity contribution in [2.75, 3.05) is 5.32 Å². The molecule has 0 radical (unpaired) electrons. The van der Waals surface area contributed by atoms with Crippen LogP contribution < -0.4 is 5.32 Å². The summed E-state index contributed by atoms with van der Waals surface area (Å²) in [6.45, 7) is 2.70. The number of H-pyrrole nitrogens is 1. The number of pyridine rings is 2. The zero-order valence-corrected chi connectivity index (χ0v) is 10.0. The fourth-order valence-electron chi connectivity index (χ4n) is 1.79.